The molecule has 0 amide bonds. The first-order chi connectivity index (χ1) is 8.18. The Kier molecular flexibility index (Phi) is 3.96. The molecule has 17 heavy (non-hydrogen) atoms. The van der Waals surface area contributed by atoms with Gasteiger partial charge < -0.3 is 9.88 Å². The summed E-state index contributed by atoms with van der Waals surface area (Å²) < 4.78 is 0.480. The quantitative estimate of drug-likeness (QED) is 0.942. The lowest BCUT2D eigenvalue weighted by Gasteiger charge is -2.18. The van der Waals surface area contributed by atoms with Gasteiger partial charge in [-0.2, -0.15) is 0 Å². The molecule has 0 aliphatic rings. The van der Waals surface area contributed by atoms with Gasteiger partial charge in [0.2, 0.25) is 0 Å². The Hall–Kier alpha value is -1.14. The van der Waals surface area contributed by atoms with Crippen molar-refractivity contribution >= 4 is 33.1 Å². The topological polar surface area (TPSA) is 49.0 Å². The van der Waals surface area contributed by atoms with Crippen molar-refractivity contribution < 1.29 is 0 Å². The molecule has 0 saturated heterocycles. The maximum Gasteiger partial charge on any atom is 0.267 e. The van der Waals surface area contributed by atoms with E-state index in [1.54, 1.807) is 11.3 Å². The van der Waals surface area contributed by atoms with Gasteiger partial charge in [-0.1, -0.05) is 6.07 Å². The molecule has 2 aromatic rings. The number of hydrogen-bond donors (Lipinski definition) is 1. The largest absolute Gasteiger partial charge is 0.358 e. The first kappa shape index (κ1) is 12.3. The maximum absolute atomic E-state index is 11.4. The Labute approximate surface area is 111 Å². The molecule has 2 rings (SSSR count). The average Bonchev–Trinajstić information content (AvgIpc) is 2.82. The highest BCUT2D eigenvalue weighted by Crippen LogP contribution is 2.18. The summed E-state index contributed by atoms with van der Waals surface area (Å²) in [5.41, 5.74) is -0.155. The van der Waals surface area contributed by atoms with Crippen molar-refractivity contribution in [3.63, 3.8) is 0 Å². The number of rotatable bonds is 4. The molecule has 0 bridgehead atoms. The summed E-state index contributed by atoms with van der Waals surface area (Å²) in [7, 11) is 1.93. The average molecular weight is 314 g/mol. The summed E-state index contributed by atoms with van der Waals surface area (Å²) >= 11 is 4.99. The van der Waals surface area contributed by atoms with Crippen molar-refractivity contribution in [3.8, 4) is 0 Å². The van der Waals surface area contributed by atoms with E-state index in [1.165, 1.54) is 11.2 Å². The highest BCUT2D eigenvalue weighted by Gasteiger charge is 2.10. The van der Waals surface area contributed by atoms with Crippen molar-refractivity contribution in [1.82, 2.24) is 9.97 Å². The molecule has 0 saturated carbocycles. The fraction of sp³-hybridized carbons (Fsp3) is 0.273. The number of aromatic nitrogens is 2. The smallest absolute Gasteiger partial charge is 0.267 e. The predicted molar refractivity (Wildman–Crippen MR) is 73.9 cm³/mol. The van der Waals surface area contributed by atoms with Crippen LogP contribution in [0.2, 0.25) is 0 Å². The Bertz CT molecular complexity index is 538. The summed E-state index contributed by atoms with van der Waals surface area (Å²) in [6.07, 6.45) is 2.37. The Morgan fingerprint density at radius 2 is 2.41 bits per heavy atom. The zero-order chi connectivity index (χ0) is 12.3. The van der Waals surface area contributed by atoms with Crippen molar-refractivity contribution in [2.75, 3.05) is 18.5 Å². The number of anilines is 1. The van der Waals surface area contributed by atoms with Gasteiger partial charge in [0, 0.05) is 18.5 Å². The molecule has 2 aromatic heterocycles. The molecule has 0 unspecified atom stereocenters. The van der Waals surface area contributed by atoms with Gasteiger partial charge in [-0.3, -0.25) is 4.79 Å². The second kappa shape index (κ2) is 5.46. The molecule has 0 aliphatic heterocycles. The Balaban J connectivity index is 2.07. The fourth-order valence-electron chi connectivity index (χ4n) is 1.48. The van der Waals surface area contributed by atoms with Crippen LogP contribution in [0.15, 0.2) is 33.1 Å². The van der Waals surface area contributed by atoms with E-state index in [2.05, 4.69) is 37.3 Å². The van der Waals surface area contributed by atoms with E-state index < -0.39 is 0 Å². The van der Waals surface area contributed by atoms with Gasteiger partial charge in [0.05, 0.1) is 6.33 Å². The predicted octanol–water partition coefficient (Wildman–Crippen LogP) is 2.27. The molecule has 90 valence electrons. The van der Waals surface area contributed by atoms with Crippen LogP contribution in [0.5, 0.6) is 0 Å². The lowest BCUT2D eigenvalue weighted by Crippen LogP contribution is -2.24. The van der Waals surface area contributed by atoms with Gasteiger partial charge in [0.1, 0.15) is 10.3 Å². The van der Waals surface area contributed by atoms with E-state index in [1.807, 2.05) is 18.0 Å². The highest BCUT2D eigenvalue weighted by molar-refractivity contribution is 9.10. The second-order valence-electron chi connectivity index (χ2n) is 3.62. The van der Waals surface area contributed by atoms with Crippen molar-refractivity contribution in [2.24, 2.45) is 0 Å². The molecule has 0 spiro atoms. The number of nitrogens with one attached hydrogen (secondary N) is 1. The van der Waals surface area contributed by atoms with Gasteiger partial charge in [-0.05, 0) is 33.8 Å². The van der Waals surface area contributed by atoms with E-state index >= 15 is 0 Å². The van der Waals surface area contributed by atoms with E-state index in [-0.39, 0.29) is 5.56 Å². The van der Waals surface area contributed by atoms with Crippen LogP contribution < -0.4 is 10.5 Å². The first-order valence-electron chi connectivity index (χ1n) is 5.15. The van der Waals surface area contributed by atoms with E-state index in [4.69, 9.17) is 0 Å². The second-order valence-corrected chi connectivity index (χ2v) is 5.45. The van der Waals surface area contributed by atoms with Gasteiger partial charge in [0.25, 0.3) is 5.56 Å². The van der Waals surface area contributed by atoms with Crippen LogP contribution >= 0.6 is 27.3 Å². The number of nitrogens with zero attached hydrogens (tertiary/aromatic N) is 2. The number of hydrogen-bond acceptors (Lipinski definition) is 4. The third-order valence-corrected chi connectivity index (χ3v) is 4.06. The summed E-state index contributed by atoms with van der Waals surface area (Å²) in [4.78, 5) is 21.4. The van der Waals surface area contributed by atoms with Gasteiger partial charge in [0.15, 0.2) is 0 Å². The number of aromatic amines is 1. The van der Waals surface area contributed by atoms with E-state index in [0.717, 1.165) is 13.0 Å². The van der Waals surface area contributed by atoms with Gasteiger partial charge >= 0.3 is 0 Å². The summed E-state index contributed by atoms with van der Waals surface area (Å²) in [5.74, 6) is 0.672. The standard InChI is InChI=1S/C11H12BrN3OS/c1-15(5-4-8-3-2-6-17-8)10-9(12)11(16)14-7-13-10/h2-3,6-7H,4-5H2,1H3,(H,13,14,16). The van der Waals surface area contributed by atoms with Gasteiger partial charge in [-0.15, -0.1) is 11.3 Å². The van der Waals surface area contributed by atoms with Crippen molar-refractivity contribution in [3.05, 3.63) is 43.5 Å². The zero-order valence-electron chi connectivity index (χ0n) is 9.31. The molecular formula is C11H12BrN3OS. The normalized spacial score (nSPS) is 10.5. The number of likely N-dealkylation sites (N-methyl/N-ethyl adjacent to an activating group) is 1. The van der Waals surface area contributed by atoms with E-state index in [0.29, 0.717) is 10.3 Å². The molecule has 0 aromatic carbocycles. The maximum atomic E-state index is 11.4. The van der Waals surface area contributed by atoms with Crippen molar-refractivity contribution in [2.45, 2.75) is 6.42 Å². The SMILES string of the molecule is CN(CCc1cccs1)c1nc[nH]c(=O)c1Br. The Morgan fingerprint density at radius 3 is 3.12 bits per heavy atom. The molecule has 0 fully saturated rings. The minimum Gasteiger partial charge on any atom is -0.358 e. The van der Waals surface area contributed by atoms with Gasteiger partial charge in [-0.25, -0.2) is 4.98 Å². The minimum absolute atomic E-state index is 0.155. The van der Waals surface area contributed by atoms with Crippen molar-refractivity contribution in [1.29, 1.82) is 0 Å². The third kappa shape index (κ3) is 2.95. The summed E-state index contributed by atoms with van der Waals surface area (Å²) in [6, 6.07) is 4.15. The number of thiophene rings is 1. The molecule has 0 radical (unpaired) electrons. The minimum atomic E-state index is -0.155. The van der Waals surface area contributed by atoms with Crippen LogP contribution in [0.4, 0.5) is 5.82 Å². The van der Waals surface area contributed by atoms with Crippen LogP contribution in [0.25, 0.3) is 0 Å². The number of halogens is 1. The number of H-pyrrole nitrogens is 1. The summed E-state index contributed by atoms with van der Waals surface area (Å²) in [6.45, 7) is 0.829. The Morgan fingerprint density at radius 1 is 1.59 bits per heavy atom. The molecule has 0 atom stereocenters. The summed E-state index contributed by atoms with van der Waals surface area (Å²) in [5, 5.41) is 2.07. The molecule has 4 nitrogen and oxygen atoms in total. The highest BCUT2D eigenvalue weighted by atomic mass is 79.9. The van der Waals surface area contributed by atoms with Crippen LogP contribution in [-0.4, -0.2) is 23.6 Å². The first-order valence-corrected chi connectivity index (χ1v) is 6.82. The zero-order valence-corrected chi connectivity index (χ0v) is 11.7. The molecule has 6 heteroatoms. The van der Waals surface area contributed by atoms with Crippen LogP contribution in [-0.2, 0) is 6.42 Å². The molecule has 0 aliphatic carbocycles. The molecule has 1 N–H and O–H groups in total. The fourth-order valence-corrected chi connectivity index (χ4v) is 2.70. The monoisotopic (exact) mass is 313 g/mol. The lowest BCUT2D eigenvalue weighted by atomic mass is 10.3. The van der Waals surface area contributed by atoms with E-state index in [9.17, 15) is 4.79 Å². The van der Waals surface area contributed by atoms with Crippen LogP contribution in [0.3, 0.4) is 0 Å². The van der Waals surface area contributed by atoms with Crippen LogP contribution in [0, 0.1) is 0 Å². The third-order valence-electron chi connectivity index (χ3n) is 2.41. The van der Waals surface area contributed by atoms with Crippen LogP contribution in [0.1, 0.15) is 4.88 Å². The molecule has 2 heterocycles. The lowest BCUT2D eigenvalue weighted by molar-refractivity contribution is 0.857. The molecular weight excluding hydrogens is 302 g/mol.